The summed E-state index contributed by atoms with van der Waals surface area (Å²) in [6.45, 7) is 0. The Bertz CT molecular complexity index is 125. The lowest BCUT2D eigenvalue weighted by Gasteiger charge is -1.92. The molecule has 0 radical (unpaired) electrons. The highest BCUT2D eigenvalue weighted by atomic mass is 32.2. The van der Waals surface area contributed by atoms with Gasteiger partial charge in [-0.1, -0.05) is 0 Å². The Morgan fingerprint density at radius 1 is 1.33 bits per heavy atom. The van der Waals surface area contributed by atoms with Crippen LogP contribution in [-0.2, 0) is 10.7 Å². The number of alkyl halides is 2. The lowest BCUT2D eigenvalue weighted by Crippen LogP contribution is -1.94. The van der Waals surface area contributed by atoms with Gasteiger partial charge < -0.3 is 0 Å². The maximum Gasteiger partial charge on any atom is 0.238 e. The van der Waals surface area contributed by atoms with Crippen molar-refractivity contribution in [1.82, 2.24) is 0 Å². The molecule has 0 N–H and O–H groups in total. The zero-order valence-corrected chi connectivity index (χ0v) is 5.61. The highest BCUT2D eigenvalue weighted by molar-refractivity contribution is 7.72. The van der Waals surface area contributed by atoms with Crippen LogP contribution in [0.15, 0.2) is 0 Å². The molecule has 0 bridgehead atoms. The summed E-state index contributed by atoms with van der Waals surface area (Å²) < 4.78 is 42.1. The molecule has 0 saturated carbocycles. The van der Waals surface area contributed by atoms with Crippen molar-refractivity contribution in [3.63, 3.8) is 0 Å². The van der Waals surface area contributed by atoms with Crippen molar-refractivity contribution in [2.45, 2.75) is 19.3 Å². The molecule has 9 heavy (non-hydrogen) atoms. The molecule has 0 rings (SSSR count). The number of hydrogen-bond acceptors (Lipinski definition) is 2. The second kappa shape index (κ2) is 4.67. The van der Waals surface area contributed by atoms with Gasteiger partial charge in [0.15, 0.2) is 0 Å². The second-order valence-electron chi connectivity index (χ2n) is 1.59. The summed E-state index contributed by atoms with van der Waals surface area (Å²) in [5.74, 6) is -0.125. The summed E-state index contributed by atoms with van der Waals surface area (Å²) in [6.07, 6.45) is -2.63. The SMILES string of the molecule is O=[SH](=O)CCCC(F)F. The second-order valence-corrected chi connectivity index (χ2v) is 2.70. The van der Waals surface area contributed by atoms with Gasteiger partial charge in [0.1, 0.15) is 10.7 Å². The van der Waals surface area contributed by atoms with Crippen molar-refractivity contribution in [3.8, 4) is 0 Å². The molecule has 0 spiro atoms. The molecule has 2 nitrogen and oxygen atoms in total. The third-order valence-corrected chi connectivity index (χ3v) is 1.44. The summed E-state index contributed by atoms with van der Waals surface area (Å²) in [5.41, 5.74) is 0. The summed E-state index contributed by atoms with van der Waals surface area (Å²) >= 11 is 0. The molecule has 0 aromatic carbocycles. The number of thiol groups is 1. The Kier molecular flexibility index (Phi) is 4.57. The van der Waals surface area contributed by atoms with Crippen LogP contribution in [0.1, 0.15) is 12.8 Å². The molecular formula is C4H8F2O2S. The van der Waals surface area contributed by atoms with Gasteiger partial charge in [0.2, 0.25) is 6.43 Å². The van der Waals surface area contributed by atoms with Crippen LogP contribution in [0.2, 0.25) is 0 Å². The molecule has 0 amide bonds. The molecule has 0 fully saturated rings. The third-order valence-electron chi connectivity index (χ3n) is 0.763. The minimum Gasteiger partial charge on any atom is -0.232 e. The van der Waals surface area contributed by atoms with Gasteiger partial charge in [0.25, 0.3) is 0 Å². The van der Waals surface area contributed by atoms with E-state index in [4.69, 9.17) is 0 Å². The minimum absolute atomic E-state index is 0.0658. The van der Waals surface area contributed by atoms with Gasteiger partial charge in [-0.3, -0.25) is 0 Å². The molecular weight excluding hydrogens is 150 g/mol. The monoisotopic (exact) mass is 158 g/mol. The minimum atomic E-state index is -2.46. The van der Waals surface area contributed by atoms with E-state index in [1.54, 1.807) is 0 Å². The Morgan fingerprint density at radius 2 is 1.89 bits per heavy atom. The van der Waals surface area contributed by atoms with E-state index < -0.39 is 17.1 Å². The molecule has 0 aliphatic carbocycles. The van der Waals surface area contributed by atoms with Gasteiger partial charge in [-0.25, -0.2) is 17.2 Å². The first-order valence-corrected chi connectivity index (χ1v) is 3.89. The van der Waals surface area contributed by atoms with Crippen molar-refractivity contribution in [3.05, 3.63) is 0 Å². The van der Waals surface area contributed by atoms with E-state index in [9.17, 15) is 17.2 Å². The van der Waals surface area contributed by atoms with Crippen molar-refractivity contribution in [2.75, 3.05) is 5.75 Å². The molecule has 0 saturated heterocycles. The van der Waals surface area contributed by atoms with Crippen LogP contribution in [0, 0.1) is 0 Å². The summed E-state index contributed by atoms with van der Waals surface area (Å²) in [5, 5.41) is 0. The zero-order valence-electron chi connectivity index (χ0n) is 4.72. The van der Waals surface area contributed by atoms with Gasteiger partial charge >= 0.3 is 0 Å². The fraction of sp³-hybridized carbons (Fsp3) is 1.00. The van der Waals surface area contributed by atoms with E-state index in [2.05, 4.69) is 0 Å². The average molecular weight is 158 g/mol. The van der Waals surface area contributed by atoms with E-state index in [1.807, 2.05) is 0 Å². The zero-order chi connectivity index (χ0) is 7.28. The highest BCUT2D eigenvalue weighted by Crippen LogP contribution is 2.01. The molecule has 0 aliphatic heterocycles. The standard InChI is InChI=1S/C4H8F2O2S/c5-4(6)2-1-3-9(7)8/h4,9H,1-3H2. The number of rotatable bonds is 4. The average Bonchev–Trinajstić information content (AvgIpc) is 1.63. The maximum atomic E-state index is 11.3. The Hall–Kier alpha value is -0.190. The molecule has 56 valence electrons. The van der Waals surface area contributed by atoms with Gasteiger partial charge in [-0.05, 0) is 6.42 Å². The Labute approximate surface area is 53.8 Å². The van der Waals surface area contributed by atoms with E-state index in [0.717, 1.165) is 0 Å². The topological polar surface area (TPSA) is 34.1 Å². The molecule has 0 aromatic heterocycles. The van der Waals surface area contributed by atoms with Crippen molar-refractivity contribution < 1.29 is 17.2 Å². The largest absolute Gasteiger partial charge is 0.238 e. The van der Waals surface area contributed by atoms with Gasteiger partial charge in [0.05, 0.1) is 0 Å². The van der Waals surface area contributed by atoms with Crippen LogP contribution in [-0.4, -0.2) is 20.6 Å². The molecule has 0 aromatic rings. The molecule has 0 heterocycles. The third kappa shape index (κ3) is 7.81. The van der Waals surface area contributed by atoms with Gasteiger partial charge in [-0.15, -0.1) is 0 Å². The lowest BCUT2D eigenvalue weighted by molar-refractivity contribution is 0.137. The Morgan fingerprint density at radius 3 is 2.22 bits per heavy atom. The quantitative estimate of drug-likeness (QED) is 0.609. The fourth-order valence-corrected chi connectivity index (χ4v) is 0.815. The predicted molar refractivity (Wildman–Crippen MR) is 30.4 cm³/mol. The highest BCUT2D eigenvalue weighted by Gasteiger charge is 2.00. The van der Waals surface area contributed by atoms with Crippen LogP contribution in [0.5, 0.6) is 0 Å². The first kappa shape index (κ1) is 8.81. The van der Waals surface area contributed by atoms with E-state index in [0.29, 0.717) is 0 Å². The van der Waals surface area contributed by atoms with Crippen LogP contribution in [0.3, 0.4) is 0 Å². The smallest absolute Gasteiger partial charge is 0.232 e. The summed E-state index contributed by atoms with van der Waals surface area (Å²) in [7, 11) is -2.46. The molecule has 0 unspecified atom stereocenters. The van der Waals surface area contributed by atoms with Crippen LogP contribution in [0.25, 0.3) is 0 Å². The van der Waals surface area contributed by atoms with Crippen LogP contribution < -0.4 is 0 Å². The van der Waals surface area contributed by atoms with Crippen LogP contribution in [0.4, 0.5) is 8.78 Å². The van der Waals surface area contributed by atoms with Crippen molar-refractivity contribution in [2.24, 2.45) is 0 Å². The number of halogens is 2. The van der Waals surface area contributed by atoms with E-state index >= 15 is 0 Å². The van der Waals surface area contributed by atoms with Crippen molar-refractivity contribution in [1.29, 1.82) is 0 Å². The first-order valence-electron chi connectivity index (χ1n) is 2.53. The van der Waals surface area contributed by atoms with Crippen LogP contribution >= 0.6 is 0 Å². The summed E-state index contributed by atoms with van der Waals surface area (Å²) in [6, 6.07) is 0. The fourth-order valence-electron chi connectivity index (χ4n) is 0.375. The van der Waals surface area contributed by atoms with E-state index in [-0.39, 0.29) is 18.6 Å². The lowest BCUT2D eigenvalue weighted by atomic mass is 10.4. The first-order chi connectivity index (χ1) is 4.13. The van der Waals surface area contributed by atoms with Gasteiger partial charge in [-0.2, -0.15) is 0 Å². The molecule has 5 heteroatoms. The van der Waals surface area contributed by atoms with E-state index in [1.165, 1.54) is 0 Å². The normalized spacial score (nSPS) is 11.1. The Balaban J connectivity index is 3.10. The summed E-state index contributed by atoms with van der Waals surface area (Å²) in [4.78, 5) is 0. The molecule has 0 aliphatic rings. The predicted octanol–water partition coefficient (Wildman–Crippen LogP) is 0.643. The maximum absolute atomic E-state index is 11.3. The van der Waals surface area contributed by atoms with Crippen molar-refractivity contribution >= 4 is 10.7 Å². The molecule has 0 atom stereocenters. The van der Waals surface area contributed by atoms with Gasteiger partial charge in [0, 0.05) is 12.2 Å². The number of hydrogen-bond donors (Lipinski definition) is 1.